The predicted molar refractivity (Wildman–Crippen MR) is 173 cm³/mol. The van der Waals surface area contributed by atoms with Crippen LogP contribution in [0.15, 0.2) is 84.6 Å². The Hall–Kier alpha value is -3.97. The van der Waals surface area contributed by atoms with Crippen LogP contribution in [0.3, 0.4) is 0 Å². The highest BCUT2D eigenvalue weighted by Gasteiger charge is 2.42. The average Bonchev–Trinajstić information content (AvgIpc) is 3.31. The number of carboxylic acids is 1. The Kier molecular flexibility index (Phi) is 10.4. The van der Waals surface area contributed by atoms with Gasteiger partial charge in [-0.2, -0.15) is 4.58 Å². The van der Waals surface area contributed by atoms with Crippen molar-refractivity contribution in [1.29, 1.82) is 0 Å². The number of carbonyl (C=O) groups is 2. The van der Waals surface area contributed by atoms with E-state index in [1.807, 2.05) is 0 Å². The summed E-state index contributed by atoms with van der Waals surface area (Å²) in [6.07, 6.45) is 14.0. The summed E-state index contributed by atoms with van der Waals surface area (Å²) in [6, 6.07) is 17.3. The number of rotatable bonds is 14. The van der Waals surface area contributed by atoms with Crippen molar-refractivity contribution in [2.24, 2.45) is 0 Å². The molecule has 0 aliphatic carbocycles. The molecule has 2 aromatic carbocycles. The van der Waals surface area contributed by atoms with Gasteiger partial charge in [0.1, 0.15) is 13.7 Å². The minimum absolute atomic E-state index is 0.0282. The molecule has 0 radical (unpaired) electrons. The fourth-order valence-electron chi connectivity index (χ4n) is 6.28. The summed E-state index contributed by atoms with van der Waals surface area (Å²) in [6.45, 7) is 10.2. The first-order chi connectivity index (χ1) is 20.5. The summed E-state index contributed by atoms with van der Waals surface area (Å²) in [4.78, 5) is 25.0. The molecule has 2 N–H and O–H groups in total. The lowest BCUT2D eigenvalue weighted by molar-refractivity contribution is -0.401. The number of benzene rings is 2. The van der Waals surface area contributed by atoms with Crippen molar-refractivity contribution >= 4 is 29.0 Å². The Morgan fingerprint density at radius 1 is 0.930 bits per heavy atom. The van der Waals surface area contributed by atoms with Crippen LogP contribution < -0.4 is 10.2 Å². The summed E-state index contributed by atoms with van der Waals surface area (Å²) < 4.78 is 7.24. The summed E-state index contributed by atoms with van der Waals surface area (Å²) in [5, 5.41) is 11.4. The van der Waals surface area contributed by atoms with E-state index in [1.54, 1.807) is 0 Å². The molecule has 0 spiro atoms. The van der Waals surface area contributed by atoms with E-state index < -0.39 is 5.97 Å². The number of anilines is 1. The van der Waals surface area contributed by atoms with E-state index in [-0.39, 0.29) is 30.0 Å². The van der Waals surface area contributed by atoms with Gasteiger partial charge in [-0.05, 0) is 44.4 Å². The van der Waals surface area contributed by atoms with Crippen LogP contribution in [0.5, 0.6) is 0 Å². The first-order valence-corrected chi connectivity index (χ1v) is 15.2. The highest BCUT2D eigenvalue weighted by Crippen LogP contribution is 2.47. The molecule has 0 fully saturated rings. The molecule has 7 nitrogen and oxygen atoms in total. The Bertz CT molecular complexity index is 1450. The van der Waals surface area contributed by atoms with Gasteiger partial charge >= 0.3 is 5.97 Å². The van der Waals surface area contributed by atoms with E-state index in [2.05, 4.69) is 128 Å². The fraction of sp³-hybridized carbons (Fsp3) is 0.417. The Morgan fingerprint density at radius 2 is 1.65 bits per heavy atom. The number of allylic oxidation sites excluding steroid dienone is 6. The molecule has 4 rings (SSSR count). The number of ether oxygens (including phenoxy) is 1. The SMILES string of the molecule is C[N+]1=C(/C=C/C=C/C=C2/N(CCCCCC(=O)NCCOCC(=O)O)c3ccccc3C2(C)C)C(C)(C)c2ccccc21. The predicted octanol–water partition coefficient (Wildman–Crippen LogP) is 6.26. The summed E-state index contributed by atoms with van der Waals surface area (Å²) in [5.74, 6) is -1.04. The van der Waals surface area contributed by atoms with Crippen LogP contribution in [0, 0.1) is 0 Å². The highest BCUT2D eigenvalue weighted by atomic mass is 16.5. The number of aliphatic carboxylic acids is 1. The third kappa shape index (κ3) is 7.34. The van der Waals surface area contributed by atoms with Gasteiger partial charge in [-0.3, -0.25) is 4.79 Å². The second kappa shape index (κ2) is 14.0. The van der Waals surface area contributed by atoms with Gasteiger partial charge in [0.05, 0.1) is 12.0 Å². The van der Waals surface area contributed by atoms with Crippen molar-refractivity contribution in [2.75, 3.05) is 38.3 Å². The maximum Gasteiger partial charge on any atom is 0.329 e. The molecule has 2 aromatic rings. The number of hydrogen-bond acceptors (Lipinski definition) is 4. The molecular formula is C36H46N3O4+. The Balaban J connectivity index is 1.35. The summed E-state index contributed by atoms with van der Waals surface area (Å²) in [5.41, 5.74) is 7.60. The lowest BCUT2D eigenvalue weighted by atomic mass is 9.81. The molecule has 228 valence electrons. The van der Waals surface area contributed by atoms with Crippen molar-refractivity contribution < 1.29 is 24.0 Å². The third-order valence-corrected chi connectivity index (χ3v) is 8.55. The molecule has 2 heterocycles. The second-order valence-corrected chi connectivity index (χ2v) is 12.3. The van der Waals surface area contributed by atoms with Crippen LogP contribution in [-0.4, -0.2) is 60.6 Å². The van der Waals surface area contributed by atoms with Crippen molar-refractivity contribution in [3.05, 3.63) is 95.7 Å². The topological polar surface area (TPSA) is 81.9 Å². The van der Waals surface area contributed by atoms with E-state index in [0.717, 1.165) is 25.8 Å². The van der Waals surface area contributed by atoms with Gasteiger partial charge in [-0.15, -0.1) is 0 Å². The van der Waals surface area contributed by atoms with Crippen molar-refractivity contribution in [3.63, 3.8) is 0 Å². The average molecular weight is 585 g/mol. The van der Waals surface area contributed by atoms with Crippen LogP contribution in [0.25, 0.3) is 0 Å². The summed E-state index contributed by atoms with van der Waals surface area (Å²) in [7, 11) is 2.14. The first kappa shape index (κ1) is 32.0. The lowest BCUT2D eigenvalue weighted by Gasteiger charge is -2.27. The molecule has 0 aromatic heterocycles. The van der Waals surface area contributed by atoms with Crippen molar-refractivity contribution in [3.8, 4) is 0 Å². The van der Waals surface area contributed by atoms with Crippen molar-refractivity contribution in [1.82, 2.24) is 5.32 Å². The van der Waals surface area contributed by atoms with Crippen LogP contribution in [-0.2, 0) is 25.2 Å². The van der Waals surface area contributed by atoms with Crippen LogP contribution >= 0.6 is 0 Å². The third-order valence-electron chi connectivity index (χ3n) is 8.55. The molecule has 7 heteroatoms. The van der Waals surface area contributed by atoms with E-state index in [1.165, 1.54) is 33.9 Å². The quantitative estimate of drug-likeness (QED) is 0.156. The number of nitrogens with zero attached hydrogens (tertiary/aromatic N) is 2. The number of amides is 1. The monoisotopic (exact) mass is 584 g/mol. The number of carboxylic acid groups (broad SMARTS) is 1. The van der Waals surface area contributed by atoms with Gasteiger partial charge in [-0.1, -0.05) is 74.9 Å². The molecule has 2 aliphatic heterocycles. The van der Waals surface area contributed by atoms with Gasteiger partial charge in [-0.25, -0.2) is 4.79 Å². The van der Waals surface area contributed by atoms with Gasteiger partial charge in [0.15, 0.2) is 5.71 Å². The maximum absolute atomic E-state index is 12.1. The van der Waals surface area contributed by atoms with Crippen LogP contribution in [0.1, 0.15) is 64.5 Å². The molecule has 0 saturated heterocycles. The number of carbonyl (C=O) groups excluding carboxylic acids is 1. The zero-order valence-corrected chi connectivity index (χ0v) is 26.2. The molecule has 43 heavy (non-hydrogen) atoms. The standard InChI is InChI=1S/C36H45N3O4/c1-35(2)27-16-11-13-18-29(27)38(5)31(35)20-8-6-9-21-32-36(3,4)28-17-12-14-19-30(28)39(32)24-15-7-10-22-33(40)37-23-25-43-26-34(41)42/h6,8-9,11-14,16-21H,7,10,15,22-26H2,1-5H3,(H-,37,40,41,42)/p+1. The van der Waals surface area contributed by atoms with Gasteiger partial charge in [0.25, 0.3) is 0 Å². The smallest absolute Gasteiger partial charge is 0.329 e. The first-order valence-electron chi connectivity index (χ1n) is 15.2. The molecule has 0 saturated carbocycles. The zero-order valence-electron chi connectivity index (χ0n) is 26.2. The molecule has 0 atom stereocenters. The molecule has 0 unspecified atom stereocenters. The maximum atomic E-state index is 12.1. The van der Waals surface area contributed by atoms with Gasteiger partial charge < -0.3 is 20.1 Å². The number of unbranched alkanes of at least 4 members (excludes halogenated alkanes) is 2. The fourth-order valence-corrected chi connectivity index (χ4v) is 6.28. The minimum Gasteiger partial charge on any atom is -0.480 e. The van der Waals surface area contributed by atoms with E-state index >= 15 is 0 Å². The normalized spacial score (nSPS) is 17.7. The largest absolute Gasteiger partial charge is 0.480 e. The minimum atomic E-state index is -1.01. The van der Waals surface area contributed by atoms with E-state index in [4.69, 9.17) is 9.84 Å². The Morgan fingerprint density at radius 3 is 2.40 bits per heavy atom. The molecular weight excluding hydrogens is 538 g/mol. The number of hydrogen-bond donors (Lipinski definition) is 2. The second-order valence-electron chi connectivity index (χ2n) is 12.3. The molecule has 1 amide bonds. The zero-order chi connectivity index (χ0) is 31.0. The highest BCUT2D eigenvalue weighted by molar-refractivity contribution is 6.03. The molecule has 0 bridgehead atoms. The van der Waals surface area contributed by atoms with Crippen LogP contribution in [0.4, 0.5) is 11.4 Å². The van der Waals surface area contributed by atoms with E-state index in [9.17, 15) is 9.59 Å². The summed E-state index contributed by atoms with van der Waals surface area (Å²) >= 11 is 0. The van der Waals surface area contributed by atoms with Gasteiger partial charge in [0.2, 0.25) is 11.6 Å². The number of fused-ring (bicyclic) bond motifs is 2. The number of nitrogens with one attached hydrogen (secondary N) is 1. The molecule has 2 aliphatic rings. The Labute approximate surface area is 256 Å². The van der Waals surface area contributed by atoms with Crippen molar-refractivity contribution in [2.45, 2.75) is 64.2 Å². The van der Waals surface area contributed by atoms with Gasteiger partial charge in [0, 0.05) is 54.0 Å². The number of para-hydroxylation sites is 2. The lowest BCUT2D eigenvalue weighted by Crippen LogP contribution is -2.28. The van der Waals surface area contributed by atoms with E-state index in [0.29, 0.717) is 13.0 Å². The van der Waals surface area contributed by atoms with Crippen LogP contribution in [0.2, 0.25) is 0 Å².